The van der Waals surface area contributed by atoms with Crippen molar-refractivity contribution in [3.05, 3.63) is 113 Å². The number of aromatic nitrogens is 6. The minimum Gasteiger partial charge on any atom is -0.493 e. The average molecular weight is 715 g/mol. The molecule has 4 heterocycles. The Morgan fingerprint density at radius 2 is 1.73 bits per heavy atom. The molecule has 5 aromatic rings. The van der Waals surface area contributed by atoms with Gasteiger partial charge >= 0.3 is 5.69 Å². The van der Waals surface area contributed by atoms with Crippen LogP contribution in [-0.2, 0) is 21.7 Å². The maximum absolute atomic E-state index is 15.0. The molecule has 2 aliphatic heterocycles. The number of anilines is 2. The predicted octanol–water partition coefficient (Wildman–Crippen LogP) is 4.10. The Balaban J connectivity index is 0.945. The average Bonchev–Trinajstić information content (AvgIpc) is 3.89. The molecule has 0 bridgehead atoms. The highest BCUT2D eigenvalue weighted by Crippen LogP contribution is 2.42. The minimum atomic E-state index is -1.06. The van der Waals surface area contributed by atoms with Crippen molar-refractivity contribution >= 4 is 17.3 Å². The molecular weight excluding hydrogens is 674 g/mol. The molecule has 15 heteroatoms. The molecule has 0 aliphatic carbocycles. The molecule has 2 fully saturated rings. The summed E-state index contributed by atoms with van der Waals surface area (Å²) in [6.07, 6.45) is 4.67. The zero-order chi connectivity index (χ0) is 36.4. The van der Waals surface area contributed by atoms with Crippen LogP contribution in [0.4, 0.5) is 20.2 Å². The number of rotatable bonds is 12. The van der Waals surface area contributed by atoms with Crippen molar-refractivity contribution in [2.45, 2.75) is 51.0 Å². The summed E-state index contributed by atoms with van der Waals surface area (Å²) < 4.78 is 45.3. The number of carbonyl (C=O) groups excluding carboxylic acids is 1. The van der Waals surface area contributed by atoms with Gasteiger partial charge in [-0.25, -0.2) is 32.5 Å². The van der Waals surface area contributed by atoms with Gasteiger partial charge in [-0.2, -0.15) is 10.2 Å². The lowest BCUT2D eigenvalue weighted by molar-refractivity contribution is -0.117. The van der Waals surface area contributed by atoms with Gasteiger partial charge in [0, 0.05) is 42.0 Å². The zero-order valence-electron chi connectivity index (χ0n) is 28.9. The first-order valence-corrected chi connectivity index (χ1v) is 17.3. The third kappa shape index (κ3) is 7.05. The van der Waals surface area contributed by atoms with Gasteiger partial charge in [0.1, 0.15) is 42.0 Å². The SMILES string of the molecule is CC[C@H]([C@@H](C)O)n1ncn(-c2ccc(N3CCN(c4ccc(OC[C@@H]5CO[C@@](Cn6cncn6)(c6ccc(F)cc6F)C5)cc4)C(=O)C3)cc2)c1=O. The molecule has 1 amide bonds. The Bertz CT molecular complexity index is 2050. The number of nitrogens with zero attached hydrogens (tertiary/aromatic N) is 8. The minimum absolute atomic E-state index is 0.0509. The Hall–Kier alpha value is -5.41. The molecule has 2 aliphatic rings. The molecule has 0 unspecified atom stereocenters. The molecule has 4 atom stereocenters. The van der Waals surface area contributed by atoms with Crippen molar-refractivity contribution in [2.24, 2.45) is 5.92 Å². The Morgan fingerprint density at radius 3 is 2.40 bits per heavy atom. The van der Waals surface area contributed by atoms with Crippen molar-refractivity contribution < 1.29 is 28.2 Å². The summed E-state index contributed by atoms with van der Waals surface area (Å²) in [5.41, 5.74) is 1.14. The first kappa shape index (κ1) is 35.0. The topological polar surface area (TPSA) is 133 Å². The number of aliphatic hydroxyl groups excluding tert-OH is 1. The van der Waals surface area contributed by atoms with Crippen LogP contribution in [0.25, 0.3) is 5.69 Å². The largest absolute Gasteiger partial charge is 0.493 e. The summed E-state index contributed by atoms with van der Waals surface area (Å²) in [5.74, 6) is -0.836. The molecule has 0 spiro atoms. The lowest BCUT2D eigenvalue weighted by Crippen LogP contribution is -2.50. The van der Waals surface area contributed by atoms with Crippen molar-refractivity contribution in [3.8, 4) is 11.4 Å². The molecule has 52 heavy (non-hydrogen) atoms. The van der Waals surface area contributed by atoms with Crippen LogP contribution >= 0.6 is 0 Å². The molecule has 2 saturated heterocycles. The first-order valence-electron chi connectivity index (χ1n) is 17.3. The molecule has 1 N–H and O–H groups in total. The van der Waals surface area contributed by atoms with Crippen molar-refractivity contribution in [2.75, 3.05) is 42.6 Å². The fraction of sp³-hybridized carbons (Fsp3) is 0.378. The van der Waals surface area contributed by atoms with E-state index in [0.29, 0.717) is 50.6 Å². The summed E-state index contributed by atoms with van der Waals surface area (Å²) in [6, 6.07) is 17.8. The van der Waals surface area contributed by atoms with Crippen molar-refractivity contribution in [1.82, 2.24) is 29.1 Å². The Morgan fingerprint density at radius 1 is 0.981 bits per heavy atom. The van der Waals surface area contributed by atoms with E-state index in [0.717, 1.165) is 17.4 Å². The molecule has 3 aromatic carbocycles. The molecule has 7 rings (SSSR count). The summed E-state index contributed by atoms with van der Waals surface area (Å²) in [4.78, 5) is 34.0. The third-order valence-electron chi connectivity index (χ3n) is 9.85. The Kier molecular flexibility index (Phi) is 9.88. The fourth-order valence-corrected chi connectivity index (χ4v) is 7.15. The van der Waals surface area contributed by atoms with Crippen LogP contribution in [-0.4, -0.2) is 79.1 Å². The van der Waals surface area contributed by atoms with Gasteiger partial charge in [-0.1, -0.05) is 13.0 Å². The standard InChI is InChI=1S/C37H40F2N8O5/c1-3-34(25(2)48)47-36(50)46(24-42-47)30-7-5-28(6-8-30)43-14-15-45(35(49)18-43)29-9-11-31(12-10-29)51-19-26-17-37(52-20-26,21-44-23-40-22-41-44)32-13-4-27(38)16-33(32)39/h4-13,16,22-26,34,48H,3,14-15,17-21H2,1-2H3/t25-,26-,34-,37+/m1/s1. The normalized spacial score (nSPS) is 20.3. The van der Waals surface area contributed by atoms with Crippen molar-refractivity contribution in [3.63, 3.8) is 0 Å². The van der Waals surface area contributed by atoms with Gasteiger partial charge in [-0.15, -0.1) is 0 Å². The molecule has 0 saturated carbocycles. The number of hydrogen-bond acceptors (Lipinski definition) is 9. The highest BCUT2D eigenvalue weighted by molar-refractivity contribution is 5.97. The van der Waals surface area contributed by atoms with Gasteiger partial charge in [-0.3, -0.25) is 4.79 Å². The summed E-state index contributed by atoms with van der Waals surface area (Å²) >= 11 is 0. The lowest BCUT2D eigenvalue weighted by Gasteiger charge is -2.35. The Labute approximate surface area is 298 Å². The second-order valence-electron chi connectivity index (χ2n) is 13.3. The molecule has 13 nitrogen and oxygen atoms in total. The number of piperazine rings is 1. The number of carbonyl (C=O) groups is 1. The van der Waals surface area contributed by atoms with Gasteiger partial charge in [0.05, 0.1) is 44.1 Å². The highest BCUT2D eigenvalue weighted by atomic mass is 19.1. The van der Waals surface area contributed by atoms with E-state index in [-0.39, 0.29) is 36.2 Å². The maximum Gasteiger partial charge on any atom is 0.350 e. The molecular formula is C37H40F2N8O5. The van der Waals surface area contributed by atoms with Crippen LogP contribution in [0.1, 0.15) is 38.3 Å². The summed E-state index contributed by atoms with van der Waals surface area (Å²) in [6.45, 7) is 5.67. The number of halogens is 2. The number of hydrogen-bond donors (Lipinski definition) is 1. The van der Waals surface area contributed by atoms with Gasteiger partial charge in [-0.05, 0) is 74.4 Å². The van der Waals surface area contributed by atoms with E-state index < -0.39 is 29.4 Å². The maximum atomic E-state index is 15.0. The van der Waals surface area contributed by atoms with Crippen LogP contribution in [0.15, 0.2) is 90.5 Å². The molecule has 0 radical (unpaired) electrons. The van der Waals surface area contributed by atoms with Gasteiger partial charge in [0.25, 0.3) is 0 Å². The summed E-state index contributed by atoms with van der Waals surface area (Å²) in [7, 11) is 0. The van der Waals surface area contributed by atoms with Crippen LogP contribution in [0.3, 0.4) is 0 Å². The van der Waals surface area contributed by atoms with Crippen LogP contribution in [0, 0.1) is 17.6 Å². The highest BCUT2D eigenvalue weighted by Gasteiger charge is 2.44. The predicted molar refractivity (Wildman–Crippen MR) is 187 cm³/mol. The third-order valence-corrected chi connectivity index (χ3v) is 9.85. The quantitative estimate of drug-likeness (QED) is 0.203. The van der Waals surface area contributed by atoms with Crippen LogP contribution < -0.4 is 20.2 Å². The number of benzene rings is 3. The van der Waals surface area contributed by atoms with E-state index >= 15 is 0 Å². The monoisotopic (exact) mass is 714 g/mol. The van der Waals surface area contributed by atoms with E-state index in [4.69, 9.17) is 9.47 Å². The molecule has 2 aromatic heterocycles. The van der Waals surface area contributed by atoms with Gasteiger partial charge in [0.15, 0.2) is 0 Å². The van der Waals surface area contributed by atoms with Gasteiger partial charge in [0.2, 0.25) is 5.91 Å². The smallest absolute Gasteiger partial charge is 0.350 e. The van der Waals surface area contributed by atoms with Crippen LogP contribution in [0.2, 0.25) is 0 Å². The second-order valence-corrected chi connectivity index (χ2v) is 13.3. The molecule has 272 valence electrons. The number of aliphatic hydroxyl groups is 1. The first-order chi connectivity index (χ1) is 25.1. The number of amides is 1. The van der Waals surface area contributed by atoms with Crippen molar-refractivity contribution in [1.29, 1.82) is 0 Å². The van der Waals surface area contributed by atoms with E-state index in [2.05, 4.69) is 15.2 Å². The van der Waals surface area contributed by atoms with E-state index in [1.54, 1.807) is 16.5 Å². The lowest BCUT2D eigenvalue weighted by atomic mass is 9.87. The fourth-order valence-electron chi connectivity index (χ4n) is 7.15. The van der Waals surface area contributed by atoms with E-state index in [9.17, 15) is 23.5 Å². The summed E-state index contributed by atoms with van der Waals surface area (Å²) in [5, 5.41) is 18.4. The van der Waals surface area contributed by atoms with E-state index in [1.807, 2.05) is 60.4 Å². The number of ether oxygens (including phenoxy) is 2. The van der Waals surface area contributed by atoms with Gasteiger partial charge < -0.3 is 24.4 Å². The van der Waals surface area contributed by atoms with E-state index in [1.165, 1.54) is 40.4 Å². The zero-order valence-corrected chi connectivity index (χ0v) is 28.9. The second kappa shape index (κ2) is 14.7. The van der Waals surface area contributed by atoms with Crippen LogP contribution in [0.5, 0.6) is 5.75 Å².